The average Bonchev–Trinajstić information content (AvgIpc) is 2.87. The highest BCUT2D eigenvalue weighted by Gasteiger charge is 2.29. The van der Waals surface area contributed by atoms with E-state index in [0.717, 1.165) is 30.6 Å². The van der Waals surface area contributed by atoms with E-state index in [0.29, 0.717) is 13.2 Å². The maximum Gasteiger partial charge on any atom is 0.225 e. The summed E-state index contributed by atoms with van der Waals surface area (Å²) in [7, 11) is 1.86. The predicted octanol–water partition coefficient (Wildman–Crippen LogP) is 2.59. The Labute approximate surface area is 133 Å². The first-order chi connectivity index (χ1) is 9.61. The minimum atomic E-state index is 0. The molecule has 5 heteroatoms. The topological polar surface area (TPSA) is 55.6 Å². The Bertz CT molecular complexity index is 467. The number of halogens is 1. The van der Waals surface area contributed by atoms with Crippen molar-refractivity contribution in [1.82, 2.24) is 4.90 Å². The molecule has 0 aliphatic heterocycles. The molecule has 1 aliphatic carbocycles. The normalized spacial score (nSPS) is 20.7. The van der Waals surface area contributed by atoms with Crippen molar-refractivity contribution in [2.75, 3.05) is 13.7 Å². The summed E-state index contributed by atoms with van der Waals surface area (Å²) in [5, 5.41) is 0. The number of rotatable bonds is 5. The largest absolute Gasteiger partial charge is 0.494 e. The van der Waals surface area contributed by atoms with Gasteiger partial charge in [0.25, 0.3) is 0 Å². The van der Waals surface area contributed by atoms with E-state index in [1.165, 1.54) is 0 Å². The number of carbonyl (C=O) groups is 1. The van der Waals surface area contributed by atoms with Crippen LogP contribution in [0.5, 0.6) is 5.75 Å². The molecule has 0 aromatic heterocycles. The molecule has 1 fully saturated rings. The van der Waals surface area contributed by atoms with E-state index in [1.54, 1.807) is 4.90 Å². The third-order valence-electron chi connectivity index (χ3n) is 3.88. The molecule has 2 atom stereocenters. The number of nitrogens with two attached hydrogens (primary N) is 1. The first-order valence-corrected chi connectivity index (χ1v) is 7.33. The Kier molecular flexibility index (Phi) is 6.99. The van der Waals surface area contributed by atoms with Crippen LogP contribution in [0.1, 0.15) is 31.7 Å². The second-order valence-corrected chi connectivity index (χ2v) is 5.51. The van der Waals surface area contributed by atoms with E-state index >= 15 is 0 Å². The lowest BCUT2D eigenvalue weighted by Crippen LogP contribution is -2.32. The maximum absolute atomic E-state index is 12.4. The van der Waals surface area contributed by atoms with E-state index in [-0.39, 0.29) is 30.3 Å². The molecule has 118 valence electrons. The Hall–Kier alpha value is -1.26. The summed E-state index contributed by atoms with van der Waals surface area (Å²) in [6.07, 6.45) is 2.69. The van der Waals surface area contributed by atoms with Crippen molar-refractivity contribution < 1.29 is 9.53 Å². The molecule has 0 radical (unpaired) electrons. The fraction of sp³-hybridized carbons (Fsp3) is 0.562. The SMILES string of the molecule is CCOc1ccccc1CN(C)C(=O)C1CCC(N)C1.Cl. The molecule has 1 aromatic carbocycles. The van der Waals surface area contributed by atoms with Gasteiger partial charge in [-0.15, -0.1) is 12.4 Å². The van der Waals surface area contributed by atoms with Crippen molar-refractivity contribution >= 4 is 18.3 Å². The summed E-state index contributed by atoms with van der Waals surface area (Å²) in [4.78, 5) is 14.2. The molecule has 21 heavy (non-hydrogen) atoms. The lowest BCUT2D eigenvalue weighted by Gasteiger charge is -2.22. The van der Waals surface area contributed by atoms with E-state index in [2.05, 4.69) is 0 Å². The Morgan fingerprint density at radius 3 is 2.71 bits per heavy atom. The molecule has 4 nitrogen and oxygen atoms in total. The van der Waals surface area contributed by atoms with E-state index < -0.39 is 0 Å². The average molecular weight is 313 g/mol. The standard InChI is InChI=1S/C16H24N2O2.ClH/c1-3-20-15-7-5-4-6-13(15)11-18(2)16(19)12-8-9-14(17)10-12;/h4-7,12,14H,3,8-11,17H2,1-2H3;1H. The Balaban J connectivity index is 0.00000220. The van der Waals surface area contributed by atoms with Gasteiger partial charge in [-0.1, -0.05) is 18.2 Å². The van der Waals surface area contributed by atoms with Crippen LogP contribution in [0, 0.1) is 5.92 Å². The fourth-order valence-corrected chi connectivity index (χ4v) is 2.82. The molecule has 2 unspecified atom stereocenters. The number of para-hydroxylation sites is 1. The van der Waals surface area contributed by atoms with E-state index in [1.807, 2.05) is 38.2 Å². The van der Waals surface area contributed by atoms with Crippen molar-refractivity contribution in [3.8, 4) is 5.75 Å². The quantitative estimate of drug-likeness (QED) is 0.909. The summed E-state index contributed by atoms with van der Waals surface area (Å²) in [6.45, 7) is 3.18. The number of hydrogen-bond acceptors (Lipinski definition) is 3. The number of amides is 1. The highest BCUT2D eigenvalue weighted by molar-refractivity contribution is 5.85. The minimum Gasteiger partial charge on any atom is -0.494 e. The molecule has 1 amide bonds. The van der Waals surface area contributed by atoms with Crippen molar-refractivity contribution in [1.29, 1.82) is 0 Å². The van der Waals surface area contributed by atoms with Crippen LogP contribution in [0.2, 0.25) is 0 Å². The molecule has 0 bridgehead atoms. The Morgan fingerprint density at radius 1 is 1.38 bits per heavy atom. The molecule has 0 heterocycles. The number of ether oxygens (including phenoxy) is 1. The molecular formula is C16H25ClN2O2. The van der Waals surface area contributed by atoms with Crippen LogP contribution in [0.3, 0.4) is 0 Å². The smallest absolute Gasteiger partial charge is 0.225 e. The van der Waals surface area contributed by atoms with Gasteiger partial charge in [-0.25, -0.2) is 0 Å². The van der Waals surface area contributed by atoms with Crippen LogP contribution >= 0.6 is 12.4 Å². The van der Waals surface area contributed by atoms with Gasteiger partial charge < -0.3 is 15.4 Å². The molecule has 1 aromatic rings. The van der Waals surface area contributed by atoms with Gasteiger partial charge in [0, 0.05) is 31.1 Å². The first-order valence-electron chi connectivity index (χ1n) is 7.33. The minimum absolute atomic E-state index is 0. The molecule has 1 saturated carbocycles. The second kappa shape index (κ2) is 8.25. The lowest BCUT2D eigenvalue weighted by atomic mass is 10.1. The predicted molar refractivity (Wildman–Crippen MR) is 86.6 cm³/mol. The number of carbonyl (C=O) groups excluding carboxylic acids is 1. The number of nitrogens with zero attached hydrogens (tertiary/aromatic N) is 1. The van der Waals surface area contributed by atoms with Gasteiger partial charge in [0.05, 0.1) is 6.61 Å². The molecule has 0 spiro atoms. The third-order valence-corrected chi connectivity index (χ3v) is 3.88. The van der Waals surface area contributed by atoms with Crippen molar-refractivity contribution in [2.45, 2.75) is 38.8 Å². The zero-order valence-corrected chi connectivity index (χ0v) is 13.6. The summed E-state index contributed by atoms with van der Waals surface area (Å²) >= 11 is 0. The Morgan fingerprint density at radius 2 is 2.10 bits per heavy atom. The lowest BCUT2D eigenvalue weighted by molar-refractivity contribution is -0.134. The van der Waals surface area contributed by atoms with Gasteiger partial charge in [0.2, 0.25) is 5.91 Å². The fourth-order valence-electron chi connectivity index (χ4n) is 2.82. The summed E-state index contributed by atoms with van der Waals surface area (Å²) in [5.74, 6) is 1.15. The molecule has 1 aliphatic rings. The van der Waals surface area contributed by atoms with Crippen LogP contribution in [0.4, 0.5) is 0 Å². The second-order valence-electron chi connectivity index (χ2n) is 5.51. The van der Waals surface area contributed by atoms with Crippen molar-refractivity contribution in [3.63, 3.8) is 0 Å². The van der Waals surface area contributed by atoms with E-state index in [4.69, 9.17) is 10.5 Å². The van der Waals surface area contributed by atoms with Gasteiger partial charge >= 0.3 is 0 Å². The van der Waals surface area contributed by atoms with Crippen LogP contribution < -0.4 is 10.5 Å². The van der Waals surface area contributed by atoms with E-state index in [9.17, 15) is 4.79 Å². The van der Waals surface area contributed by atoms with Crippen LogP contribution in [-0.2, 0) is 11.3 Å². The van der Waals surface area contributed by atoms with Gasteiger partial charge in [-0.3, -0.25) is 4.79 Å². The van der Waals surface area contributed by atoms with Crippen LogP contribution in [-0.4, -0.2) is 30.5 Å². The van der Waals surface area contributed by atoms with Gasteiger partial charge in [-0.05, 0) is 32.3 Å². The zero-order chi connectivity index (χ0) is 14.5. The molecule has 0 saturated heterocycles. The van der Waals surface area contributed by atoms with Gasteiger partial charge in [0.1, 0.15) is 5.75 Å². The number of benzene rings is 1. The van der Waals surface area contributed by atoms with Crippen molar-refractivity contribution in [3.05, 3.63) is 29.8 Å². The summed E-state index contributed by atoms with van der Waals surface area (Å²) in [6, 6.07) is 8.07. The molecule has 2 rings (SSSR count). The number of hydrogen-bond donors (Lipinski definition) is 1. The van der Waals surface area contributed by atoms with Gasteiger partial charge in [-0.2, -0.15) is 0 Å². The monoisotopic (exact) mass is 312 g/mol. The summed E-state index contributed by atoms with van der Waals surface area (Å²) in [5.41, 5.74) is 6.94. The highest BCUT2D eigenvalue weighted by Crippen LogP contribution is 2.27. The van der Waals surface area contributed by atoms with Crippen molar-refractivity contribution in [2.24, 2.45) is 11.7 Å². The highest BCUT2D eigenvalue weighted by atomic mass is 35.5. The summed E-state index contributed by atoms with van der Waals surface area (Å²) < 4.78 is 5.60. The first kappa shape index (κ1) is 17.8. The van der Waals surface area contributed by atoms with Crippen LogP contribution in [0.25, 0.3) is 0 Å². The third kappa shape index (κ3) is 4.61. The van der Waals surface area contributed by atoms with Gasteiger partial charge in [0.15, 0.2) is 0 Å². The molecular weight excluding hydrogens is 288 g/mol. The molecule has 2 N–H and O–H groups in total. The zero-order valence-electron chi connectivity index (χ0n) is 12.7. The van der Waals surface area contributed by atoms with Crippen LogP contribution in [0.15, 0.2) is 24.3 Å². The maximum atomic E-state index is 12.4.